The van der Waals surface area contributed by atoms with Gasteiger partial charge in [-0.25, -0.2) is 0 Å². The third-order valence-electron chi connectivity index (χ3n) is 8.61. The van der Waals surface area contributed by atoms with Gasteiger partial charge in [0.15, 0.2) is 5.78 Å². The van der Waals surface area contributed by atoms with E-state index in [0.29, 0.717) is 49.0 Å². The van der Waals surface area contributed by atoms with Gasteiger partial charge in [-0.3, -0.25) is 14.4 Å². The molecular weight excluding hydrogens is 622 g/mol. The predicted octanol–water partition coefficient (Wildman–Crippen LogP) is 9.39. The molecule has 0 atom stereocenters. The number of nitrogens with zero attached hydrogens (tertiary/aromatic N) is 2. The van der Waals surface area contributed by atoms with Crippen molar-refractivity contribution in [2.75, 3.05) is 23.4 Å². The van der Waals surface area contributed by atoms with Gasteiger partial charge in [0.1, 0.15) is 6.54 Å². The number of benzene rings is 4. The minimum atomic E-state index is -0.218. The van der Waals surface area contributed by atoms with E-state index < -0.39 is 0 Å². The zero-order chi connectivity index (χ0) is 35.6. The molecule has 1 amide bonds. The van der Waals surface area contributed by atoms with E-state index in [2.05, 4.69) is 57.3 Å². The lowest BCUT2D eigenvalue weighted by Gasteiger charge is -2.25. The molecule has 0 aliphatic rings. The summed E-state index contributed by atoms with van der Waals surface area (Å²) in [5, 5.41) is 3.92. The summed E-state index contributed by atoms with van der Waals surface area (Å²) < 4.78 is 7.13. The average molecular weight is 672 g/mol. The normalized spacial score (nSPS) is 11.3. The van der Waals surface area contributed by atoms with Gasteiger partial charge in [-0.15, -0.1) is 0 Å². The summed E-state index contributed by atoms with van der Waals surface area (Å²) in [4.78, 5) is 41.6. The molecule has 7 nitrogen and oxygen atoms in total. The van der Waals surface area contributed by atoms with Crippen molar-refractivity contribution in [3.8, 4) is 0 Å². The first-order valence-electron chi connectivity index (χ1n) is 17.7. The summed E-state index contributed by atoms with van der Waals surface area (Å²) in [7, 11) is 0. The summed E-state index contributed by atoms with van der Waals surface area (Å²) >= 11 is 0. The van der Waals surface area contributed by atoms with Crippen molar-refractivity contribution in [1.29, 1.82) is 0 Å². The summed E-state index contributed by atoms with van der Waals surface area (Å²) in [5.74, 6) is 0.603. The maximum Gasteiger partial charge on any atom is 0.305 e. The van der Waals surface area contributed by atoms with Gasteiger partial charge in [-0.1, -0.05) is 82.3 Å². The Labute approximate surface area is 296 Å². The van der Waals surface area contributed by atoms with E-state index in [9.17, 15) is 14.4 Å². The molecule has 0 unspecified atom stereocenters. The molecular formula is C43H49N3O4. The fourth-order valence-electron chi connectivity index (χ4n) is 6.36. The molecule has 0 radical (unpaired) electrons. The molecule has 0 saturated heterocycles. The smallest absolute Gasteiger partial charge is 0.305 e. The number of rotatable bonds is 16. The van der Waals surface area contributed by atoms with Crippen molar-refractivity contribution in [2.45, 2.75) is 66.8 Å². The second-order valence-electron chi connectivity index (χ2n) is 13.7. The van der Waals surface area contributed by atoms with Crippen LogP contribution in [0, 0.1) is 11.8 Å². The van der Waals surface area contributed by atoms with E-state index in [-0.39, 0.29) is 24.2 Å². The quantitative estimate of drug-likeness (QED) is 0.0835. The minimum Gasteiger partial charge on any atom is -0.466 e. The molecule has 5 aromatic rings. The second kappa shape index (κ2) is 17.0. The number of ether oxygens (including phenoxy) is 1. The monoisotopic (exact) mass is 671 g/mol. The van der Waals surface area contributed by atoms with Crippen LogP contribution in [0.15, 0.2) is 103 Å². The number of hydrogen-bond acceptors (Lipinski definition) is 5. The molecule has 1 aromatic heterocycles. The maximum atomic E-state index is 14.2. The molecule has 1 heterocycles. The van der Waals surface area contributed by atoms with Gasteiger partial charge in [-0.05, 0) is 91.6 Å². The van der Waals surface area contributed by atoms with Crippen LogP contribution < -0.4 is 10.2 Å². The van der Waals surface area contributed by atoms with E-state index in [1.165, 1.54) is 11.1 Å². The Hall–Kier alpha value is -5.17. The Morgan fingerprint density at radius 3 is 2.10 bits per heavy atom. The third kappa shape index (κ3) is 9.50. The van der Waals surface area contributed by atoms with Crippen LogP contribution in [0.1, 0.15) is 74.5 Å². The molecule has 0 bridgehead atoms. The lowest BCUT2D eigenvalue weighted by Crippen LogP contribution is -2.30. The average Bonchev–Trinajstić information content (AvgIpc) is 3.46. The van der Waals surface area contributed by atoms with Gasteiger partial charge in [0.25, 0.3) is 0 Å². The molecule has 4 aromatic carbocycles. The molecule has 0 aliphatic heterocycles. The molecule has 0 aliphatic carbocycles. The van der Waals surface area contributed by atoms with Gasteiger partial charge in [0, 0.05) is 58.3 Å². The van der Waals surface area contributed by atoms with Crippen LogP contribution in [0.5, 0.6) is 0 Å². The highest BCUT2D eigenvalue weighted by atomic mass is 16.5. The third-order valence-corrected chi connectivity index (χ3v) is 8.61. The van der Waals surface area contributed by atoms with Crippen molar-refractivity contribution in [3.63, 3.8) is 0 Å². The number of amides is 1. The first-order chi connectivity index (χ1) is 24.1. The first-order valence-corrected chi connectivity index (χ1v) is 17.7. The fraction of sp³-hybridized carbons (Fsp3) is 0.326. The number of para-hydroxylation sites is 1. The molecule has 260 valence electrons. The van der Waals surface area contributed by atoms with E-state index in [1.807, 2.05) is 88.5 Å². The zero-order valence-corrected chi connectivity index (χ0v) is 29.9. The number of ketones is 1. The standard InChI is InChI=1S/C43H49N3O4/c1-6-50-42(48)15-10-24-45-28-39(38-13-7-8-14-40(38)45)43(49)34-11-9-12-37(27-34)46(36-22-18-33(19-23-36)26-31(4)5)29-41(47)44-35-20-16-32(17-21-35)25-30(2)3/h7-9,11-14,16-23,27-28,30-31H,6,10,15,24-26,29H2,1-5H3,(H,44,47). The van der Waals surface area contributed by atoms with Crippen molar-refractivity contribution in [1.82, 2.24) is 4.57 Å². The summed E-state index contributed by atoms with van der Waals surface area (Å²) in [6.45, 7) is 11.6. The Morgan fingerprint density at radius 2 is 1.44 bits per heavy atom. The van der Waals surface area contributed by atoms with E-state index >= 15 is 0 Å². The number of aryl methyl sites for hydroxylation is 1. The summed E-state index contributed by atoms with van der Waals surface area (Å²) in [5.41, 5.74) is 6.89. The summed E-state index contributed by atoms with van der Waals surface area (Å²) in [6, 6.07) is 31.7. The highest BCUT2D eigenvalue weighted by molar-refractivity contribution is 6.16. The van der Waals surface area contributed by atoms with Gasteiger partial charge < -0.3 is 19.5 Å². The highest BCUT2D eigenvalue weighted by Crippen LogP contribution is 2.30. The van der Waals surface area contributed by atoms with Crippen molar-refractivity contribution < 1.29 is 19.1 Å². The number of esters is 1. The van der Waals surface area contributed by atoms with Crippen molar-refractivity contribution >= 4 is 45.6 Å². The van der Waals surface area contributed by atoms with E-state index in [4.69, 9.17) is 4.74 Å². The largest absolute Gasteiger partial charge is 0.466 e. The Bertz CT molecular complexity index is 1910. The van der Waals surface area contributed by atoms with Crippen molar-refractivity contribution in [2.24, 2.45) is 11.8 Å². The van der Waals surface area contributed by atoms with Gasteiger partial charge >= 0.3 is 5.97 Å². The summed E-state index contributed by atoms with van der Waals surface area (Å²) in [6.07, 6.45) is 4.76. The molecule has 50 heavy (non-hydrogen) atoms. The number of carbonyl (C=O) groups excluding carboxylic acids is 3. The second-order valence-corrected chi connectivity index (χ2v) is 13.7. The molecule has 7 heteroatoms. The van der Waals surface area contributed by atoms with Gasteiger partial charge in [0.2, 0.25) is 5.91 Å². The van der Waals surface area contributed by atoms with Crippen LogP contribution in [0.2, 0.25) is 0 Å². The van der Waals surface area contributed by atoms with Gasteiger partial charge in [0.05, 0.1) is 6.61 Å². The number of hydrogen-bond donors (Lipinski definition) is 1. The topological polar surface area (TPSA) is 80.6 Å². The number of aromatic nitrogens is 1. The SMILES string of the molecule is CCOC(=O)CCCn1cc(C(=O)c2cccc(N(CC(=O)Nc3ccc(CC(C)C)cc3)c3ccc(CC(C)C)cc3)c2)c2ccccc21. The Morgan fingerprint density at radius 1 is 0.780 bits per heavy atom. The van der Waals surface area contributed by atoms with Crippen LogP contribution in [0.3, 0.4) is 0 Å². The van der Waals surface area contributed by atoms with Crippen LogP contribution in [-0.4, -0.2) is 35.4 Å². The van der Waals surface area contributed by atoms with Crippen LogP contribution in [0.25, 0.3) is 10.9 Å². The molecule has 5 rings (SSSR count). The fourth-order valence-corrected chi connectivity index (χ4v) is 6.36. The lowest BCUT2D eigenvalue weighted by atomic mass is 10.0. The first kappa shape index (κ1) is 36.1. The lowest BCUT2D eigenvalue weighted by molar-refractivity contribution is -0.143. The Kier molecular flexibility index (Phi) is 12.3. The Balaban J connectivity index is 1.42. The van der Waals surface area contributed by atoms with Crippen LogP contribution in [0.4, 0.5) is 17.1 Å². The molecule has 0 spiro atoms. The molecule has 0 fully saturated rings. The van der Waals surface area contributed by atoms with Gasteiger partial charge in [-0.2, -0.15) is 0 Å². The number of carbonyl (C=O) groups is 3. The minimum absolute atomic E-state index is 0.0642. The van der Waals surface area contributed by atoms with Crippen LogP contribution >= 0.6 is 0 Å². The van der Waals surface area contributed by atoms with E-state index in [1.54, 1.807) is 6.92 Å². The predicted molar refractivity (Wildman–Crippen MR) is 203 cm³/mol. The molecule has 1 N–H and O–H groups in total. The maximum absolute atomic E-state index is 14.2. The zero-order valence-electron chi connectivity index (χ0n) is 29.9. The van der Waals surface area contributed by atoms with Crippen LogP contribution in [-0.2, 0) is 33.7 Å². The highest BCUT2D eigenvalue weighted by Gasteiger charge is 2.20. The van der Waals surface area contributed by atoms with E-state index in [0.717, 1.165) is 40.8 Å². The number of fused-ring (bicyclic) bond motifs is 1. The number of nitrogens with one attached hydrogen (secondary N) is 1. The number of anilines is 3. The molecule has 0 saturated carbocycles. The van der Waals surface area contributed by atoms with Crippen molar-refractivity contribution in [3.05, 3.63) is 126 Å².